The summed E-state index contributed by atoms with van der Waals surface area (Å²) in [5.41, 5.74) is 4.04. The maximum atomic E-state index is 13.0. The summed E-state index contributed by atoms with van der Waals surface area (Å²) in [7, 11) is 0. The number of anilines is 1. The number of carbonyl (C=O) groups excluding carboxylic acids is 2. The zero-order chi connectivity index (χ0) is 24.9. The summed E-state index contributed by atoms with van der Waals surface area (Å²) in [4.78, 5) is 30.4. The minimum absolute atomic E-state index is 0.0445. The Balaban J connectivity index is 1.23. The summed E-state index contributed by atoms with van der Waals surface area (Å²) in [6, 6.07) is 17.9. The van der Waals surface area contributed by atoms with Crippen LogP contribution in [-0.4, -0.2) is 40.5 Å². The molecule has 184 valence electrons. The molecule has 36 heavy (non-hydrogen) atoms. The van der Waals surface area contributed by atoms with E-state index in [-0.39, 0.29) is 24.5 Å². The number of nitrogens with one attached hydrogen (secondary N) is 2. The number of pyridine rings is 1. The molecule has 1 saturated heterocycles. The van der Waals surface area contributed by atoms with Crippen LogP contribution < -0.4 is 15.4 Å². The summed E-state index contributed by atoms with van der Waals surface area (Å²) in [5, 5.41) is 5.76. The molecule has 0 saturated carbocycles. The van der Waals surface area contributed by atoms with Crippen molar-refractivity contribution in [1.29, 1.82) is 0 Å². The van der Waals surface area contributed by atoms with Crippen molar-refractivity contribution in [2.24, 2.45) is 0 Å². The maximum Gasteiger partial charge on any atom is 0.255 e. The number of para-hydroxylation sites is 1. The van der Waals surface area contributed by atoms with E-state index in [0.29, 0.717) is 29.1 Å². The van der Waals surface area contributed by atoms with Crippen LogP contribution in [0.5, 0.6) is 5.75 Å². The van der Waals surface area contributed by atoms with E-state index < -0.39 is 0 Å². The van der Waals surface area contributed by atoms with Crippen LogP contribution in [0.2, 0.25) is 0 Å². The molecule has 2 amide bonds. The number of nitrogens with zero attached hydrogens (tertiary/aromatic N) is 2. The molecule has 8 nitrogen and oxygen atoms in total. The minimum atomic E-state index is -0.330. The monoisotopic (exact) mass is 484 g/mol. The molecule has 0 spiro atoms. The molecular weight excluding hydrogens is 456 g/mol. The minimum Gasteiger partial charge on any atom is -0.487 e. The number of hydrogen-bond acceptors (Lipinski definition) is 5. The van der Waals surface area contributed by atoms with Crippen LogP contribution in [0.4, 0.5) is 5.69 Å². The lowest BCUT2D eigenvalue weighted by Gasteiger charge is -2.14. The molecule has 5 rings (SSSR count). The molecule has 1 fully saturated rings. The first-order valence-electron chi connectivity index (χ1n) is 12.0. The average Bonchev–Trinajstić information content (AvgIpc) is 3.57. The average molecular weight is 485 g/mol. The molecule has 8 heteroatoms. The standard InChI is InChI=1S/C28H28N4O4/c1-19-7-5-13-32-17-21(30-26(19)32)18-36-22-9-4-8-20(15-22)27(33)31-25-12-3-2-11-24(25)28(34)29-16-23-10-6-14-35-23/h2-5,7-9,11-13,15,17,23H,6,10,14,16,18H2,1H3,(H,29,34)(H,31,33)/t23-/m1/s1. The second-order valence-corrected chi connectivity index (χ2v) is 8.82. The molecule has 3 heterocycles. The van der Waals surface area contributed by atoms with E-state index >= 15 is 0 Å². The van der Waals surface area contributed by atoms with Crippen molar-refractivity contribution in [3.8, 4) is 5.75 Å². The predicted octanol–water partition coefficient (Wildman–Crippen LogP) is 4.38. The number of aromatic nitrogens is 2. The highest BCUT2D eigenvalue weighted by Gasteiger charge is 2.19. The Morgan fingerprint density at radius 1 is 1.11 bits per heavy atom. The van der Waals surface area contributed by atoms with Crippen LogP contribution in [0, 0.1) is 6.92 Å². The zero-order valence-corrected chi connectivity index (χ0v) is 20.1. The molecular formula is C28H28N4O4. The Morgan fingerprint density at radius 2 is 2.00 bits per heavy atom. The summed E-state index contributed by atoms with van der Waals surface area (Å²) >= 11 is 0. The van der Waals surface area contributed by atoms with Crippen molar-refractivity contribution in [2.75, 3.05) is 18.5 Å². The molecule has 4 aromatic rings. The Kier molecular flexibility index (Phi) is 6.95. The second kappa shape index (κ2) is 10.6. The van der Waals surface area contributed by atoms with Gasteiger partial charge in [0.05, 0.1) is 23.0 Å². The van der Waals surface area contributed by atoms with Crippen LogP contribution in [0.15, 0.2) is 73.1 Å². The van der Waals surface area contributed by atoms with Gasteiger partial charge < -0.3 is 24.5 Å². The first kappa shape index (κ1) is 23.6. The number of rotatable bonds is 8. The fraction of sp³-hybridized carbons (Fsp3) is 0.250. The third-order valence-corrected chi connectivity index (χ3v) is 6.14. The number of ether oxygens (including phenoxy) is 2. The fourth-order valence-electron chi connectivity index (χ4n) is 4.25. The highest BCUT2D eigenvalue weighted by Crippen LogP contribution is 2.20. The van der Waals surface area contributed by atoms with Crippen molar-refractivity contribution in [2.45, 2.75) is 32.5 Å². The van der Waals surface area contributed by atoms with Gasteiger partial charge in [0.25, 0.3) is 11.8 Å². The van der Waals surface area contributed by atoms with E-state index in [9.17, 15) is 9.59 Å². The lowest BCUT2D eigenvalue weighted by molar-refractivity contribution is 0.0858. The lowest BCUT2D eigenvalue weighted by atomic mass is 10.1. The van der Waals surface area contributed by atoms with Gasteiger partial charge in [-0.05, 0) is 61.7 Å². The van der Waals surface area contributed by atoms with Gasteiger partial charge in [-0.1, -0.05) is 24.3 Å². The van der Waals surface area contributed by atoms with E-state index in [4.69, 9.17) is 9.47 Å². The van der Waals surface area contributed by atoms with Crippen LogP contribution in [-0.2, 0) is 11.3 Å². The number of aryl methyl sites for hydroxylation is 1. The van der Waals surface area contributed by atoms with E-state index in [1.54, 1.807) is 48.5 Å². The third-order valence-electron chi connectivity index (χ3n) is 6.14. The Labute approximate surface area is 209 Å². The van der Waals surface area contributed by atoms with E-state index in [0.717, 1.165) is 36.4 Å². The Bertz CT molecular complexity index is 1390. The van der Waals surface area contributed by atoms with Crippen molar-refractivity contribution in [1.82, 2.24) is 14.7 Å². The van der Waals surface area contributed by atoms with Crippen molar-refractivity contribution >= 4 is 23.1 Å². The fourth-order valence-corrected chi connectivity index (χ4v) is 4.25. The summed E-state index contributed by atoms with van der Waals surface area (Å²) in [6.45, 7) is 3.47. The van der Waals surface area contributed by atoms with Crippen molar-refractivity contribution < 1.29 is 19.1 Å². The maximum absolute atomic E-state index is 13.0. The van der Waals surface area contributed by atoms with E-state index in [1.807, 2.05) is 35.9 Å². The largest absolute Gasteiger partial charge is 0.487 e. The van der Waals surface area contributed by atoms with Crippen LogP contribution >= 0.6 is 0 Å². The highest BCUT2D eigenvalue weighted by molar-refractivity contribution is 6.09. The van der Waals surface area contributed by atoms with Crippen LogP contribution in [0.25, 0.3) is 5.65 Å². The van der Waals surface area contributed by atoms with E-state index in [2.05, 4.69) is 15.6 Å². The molecule has 1 aliphatic heterocycles. The third kappa shape index (κ3) is 5.39. The number of benzene rings is 2. The van der Waals surface area contributed by atoms with Crippen molar-refractivity contribution in [3.05, 3.63) is 95.4 Å². The summed E-state index contributed by atoms with van der Waals surface area (Å²) < 4.78 is 13.4. The number of amides is 2. The molecule has 0 radical (unpaired) electrons. The van der Waals surface area contributed by atoms with Crippen LogP contribution in [0.1, 0.15) is 44.8 Å². The van der Waals surface area contributed by atoms with E-state index in [1.165, 1.54) is 0 Å². The second-order valence-electron chi connectivity index (χ2n) is 8.82. The predicted molar refractivity (Wildman–Crippen MR) is 136 cm³/mol. The number of fused-ring (bicyclic) bond motifs is 1. The van der Waals surface area contributed by atoms with Gasteiger partial charge in [0.15, 0.2) is 0 Å². The van der Waals surface area contributed by atoms with Gasteiger partial charge in [-0.2, -0.15) is 0 Å². The zero-order valence-electron chi connectivity index (χ0n) is 20.1. The Morgan fingerprint density at radius 3 is 2.83 bits per heavy atom. The normalized spacial score (nSPS) is 15.1. The first-order chi connectivity index (χ1) is 17.6. The number of imidazole rings is 1. The summed E-state index contributed by atoms with van der Waals surface area (Å²) in [5.74, 6) is -0.0247. The first-order valence-corrected chi connectivity index (χ1v) is 12.0. The smallest absolute Gasteiger partial charge is 0.255 e. The van der Waals surface area contributed by atoms with Gasteiger partial charge in [0.2, 0.25) is 0 Å². The van der Waals surface area contributed by atoms with Gasteiger partial charge in [-0.25, -0.2) is 4.98 Å². The SMILES string of the molecule is Cc1cccn2cc(COc3cccc(C(=O)Nc4ccccc4C(=O)NC[C@H]4CCCO4)c3)nc12. The van der Waals surface area contributed by atoms with Gasteiger partial charge >= 0.3 is 0 Å². The van der Waals surface area contributed by atoms with Gasteiger partial charge in [0.1, 0.15) is 18.0 Å². The molecule has 0 bridgehead atoms. The van der Waals surface area contributed by atoms with Crippen LogP contribution in [0.3, 0.4) is 0 Å². The van der Waals surface area contributed by atoms with Gasteiger partial charge in [0, 0.05) is 31.1 Å². The molecule has 2 aromatic heterocycles. The molecule has 2 N–H and O–H groups in total. The summed E-state index contributed by atoms with van der Waals surface area (Å²) in [6.07, 6.45) is 5.87. The molecule has 1 atom stereocenters. The quantitative estimate of drug-likeness (QED) is 0.387. The lowest BCUT2D eigenvalue weighted by Crippen LogP contribution is -2.32. The van der Waals surface area contributed by atoms with Gasteiger partial charge in [-0.15, -0.1) is 0 Å². The molecule has 2 aromatic carbocycles. The Hall–Kier alpha value is -4.17. The number of carbonyl (C=O) groups is 2. The van der Waals surface area contributed by atoms with Gasteiger partial charge in [-0.3, -0.25) is 9.59 Å². The molecule has 1 aliphatic rings. The molecule has 0 unspecified atom stereocenters. The molecule has 0 aliphatic carbocycles. The topological polar surface area (TPSA) is 94.0 Å². The highest BCUT2D eigenvalue weighted by atomic mass is 16.5. The van der Waals surface area contributed by atoms with Crippen molar-refractivity contribution in [3.63, 3.8) is 0 Å². The number of hydrogen-bond donors (Lipinski definition) is 2.